The molecular formula is C14H25N3S. The number of nitrogens with one attached hydrogen (secondary N) is 1. The Kier molecular flexibility index (Phi) is 4.25. The van der Waals surface area contributed by atoms with Crippen molar-refractivity contribution in [2.24, 2.45) is 5.92 Å². The fourth-order valence-electron chi connectivity index (χ4n) is 2.48. The first-order chi connectivity index (χ1) is 8.49. The summed E-state index contributed by atoms with van der Waals surface area (Å²) in [6.45, 7) is 8.78. The van der Waals surface area contributed by atoms with E-state index in [-0.39, 0.29) is 5.41 Å². The molecule has 1 aromatic heterocycles. The first kappa shape index (κ1) is 13.8. The van der Waals surface area contributed by atoms with Crippen LogP contribution in [0.15, 0.2) is 0 Å². The van der Waals surface area contributed by atoms with Gasteiger partial charge in [-0.05, 0) is 31.6 Å². The number of hydrogen-bond donors (Lipinski definition) is 1. The van der Waals surface area contributed by atoms with Gasteiger partial charge in [0.25, 0.3) is 0 Å². The van der Waals surface area contributed by atoms with Crippen LogP contribution in [-0.2, 0) is 5.41 Å². The van der Waals surface area contributed by atoms with Gasteiger partial charge in [-0.3, -0.25) is 0 Å². The molecule has 1 aliphatic carbocycles. The first-order valence-electron chi connectivity index (χ1n) is 7.09. The van der Waals surface area contributed by atoms with Gasteiger partial charge in [0.05, 0.1) is 0 Å². The van der Waals surface area contributed by atoms with E-state index in [1.807, 2.05) is 0 Å². The summed E-state index contributed by atoms with van der Waals surface area (Å²) in [7, 11) is 0. The van der Waals surface area contributed by atoms with Gasteiger partial charge in [0, 0.05) is 23.0 Å². The summed E-state index contributed by atoms with van der Waals surface area (Å²) < 4.78 is 4.45. The van der Waals surface area contributed by atoms with E-state index in [0.717, 1.165) is 16.9 Å². The molecule has 0 spiro atoms. The zero-order valence-corrected chi connectivity index (χ0v) is 12.8. The zero-order chi connectivity index (χ0) is 13.2. The molecule has 0 aliphatic heterocycles. The molecule has 0 aromatic carbocycles. The highest BCUT2D eigenvalue weighted by Crippen LogP contribution is 2.29. The Balaban J connectivity index is 1.89. The van der Waals surface area contributed by atoms with Gasteiger partial charge in [-0.15, -0.1) is 0 Å². The van der Waals surface area contributed by atoms with E-state index in [2.05, 4.69) is 42.4 Å². The normalized spacial score (nSPS) is 25.1. The number of rotatable bonds is 3. The minimum absolute atomic E-state index is 0.0519. The summed E-state index contributed by atoms with van der Waals surface area (Å²) in [6.07, 6.45) is 6.61. The fraction of sp³-hybridized carbons (Fsp3) is 0.857. The van der Waals surface area contributed by atoms with Crippen molar-refractivity contribution in [3.05, 3.63) is 5.82 Å². The SMILES string of the molecule is CCC1CCC(Nc2nc(C(C)(C)C)ns2)CC1. The Morgan fingerprint density at radius 3 is 2.39 bits per heavy atom. The molecule has 0 unspecified atom stereocenters. The summed E-state index contributed by atoms with van der Waals surface area (Å²) in [5, 5.41) is 4.56. The third-order valence-electron chi connectivity index (χ3n) is 3.85. The topological polar surface area (TPSA) is 37.8 Å². The van der Waals surface area contributed by atoms with Gasteiger partial charge in [-0.1, -0.05) is 34.1 Å². The molecular weight excluding hydrogens is 242 g/mol. The lowest BCUT2D eigenvalue weighted by Gasteiger charge is -2.28. The monoisotopic (exact) mass is 267 g/mol. The van der Waals surface area contributed by atoms with Crippen LogP contribution in [0.4, 0.5) is 5.13 Å². The minimum atomic E-state index is 0.0519. The van der Waals surface area contributed by atoms with Gasteiger partial charge in [-0.2, -0.15) is 4.37 Å². The highest BCUT2D eigenvalue weighted by atomic mass is 32.1. The summed E-state index contributed by atoms with van der Waals surface area (Å²) in [6, 6.07) is 0.605. The molecule has 2 rings (SSSR count). The van der Waals surface area contributed by atoms with Crippen LogP contribution in [0.3, 0.4) is 0 Å². The highest BCUT2D eigenvalue weighted by Gasteiger charge is 2.23. The summed E-state index contributed by atoms with van der Waals surface area (Å²) in [5.41, 5.74) is 0.0519. The van der Waals surface area contributed by atoms with Crippen LogP contribution in [0, 0.1) is 5.92 Å². The van der Waals surface area contributed by atoms with E-state index >= 15 is 0 Å². The quantitative estimate of drug-likeness (QED) is 0.891. The van der Waals surface area contributed by atoms with Crippen LogP contribution in [0.2, 0.25) is 0 Å². The molecule has 0 bridgehead atoms. The van der Waals surface area contributed by atoms with Gasteiger partial charge >= 0.3 is 0 Å². The molecule has 1 fully saturated rings. The number of nitrogens with zero attached hydrogens (tertiary/aromatic N) is 2. The van der Waals surface area contributed by atoms with Crippen molar-refractivity contribution in [2.75, 3.05) is 5.32 Å². The smallest absolute Gasteiger partial charge is 0.202 e. The zero-order valence-electron chi connectivity index (χ0n) is 12.0. The predicted octanol–water partition coefficient (Wildman–Crippen LogP) is 4.22. The lowest BCUT2D eigenvalue weighted by Crippen LogP contribution is -2.26. The lowest BCUT2D eigenvalue weighted by atomic mass is 9.85. The fourth-order valence-corrected chi connectivity index (χ4v) is 3.31. The van der Waals surface area contributed by atoms with Gasteiger partial charge in [0.1, 0.15) is 5.82 Å². The molecule has 1 N–H and O–H groups in total. The van der Waals surface area contributed by atoms with Gasteiger partial charge < -0.3 is 5.32 Å². The molecule has 4 heteroatoms. The molecule has 0 amide bonds. The van der Waals surface area contributed by atoms with Crippen molar-refractivity contribution in [1.82, 2.24) is 9.36 Å². The maximum Gasteiger partial charge on any atom is 0.202 e. The lowest BCUT2D eigenvalue weighted by molar-refractivity contribution is 0.330. The number of aromatic nitrogens is 2. The van der Waals surface area contributed by atoms with Gasteiger partial charge in [-0.25, -0.2) is 4.98 Å². The molecule has 102 valence electrons. The largest absolute Gasteiger partial charge is 0.358 e. The molecule has 0 saturated heterocycles. The highest BCUT2D eigenvalue weighted by molar-refractivity contribution is 7.09. The number of hydrogen-bond acceptors (Lipinski definition) is 4. The summed E-state index contributed by atoms with van der Waals surface area (Å²) >= 11 is 1.50. The van der Waals surface area contributed by atoms with Crippen molar-refractivity contribution < 1.29 is 0 Å². The van der Waals surface area contributed by atoms with Crippen LogP contribution in [-0.4, -0.2) is 15.4 Å². The Morgan fingerprint density at radius 2 is 1.89 bits per heavy atom. The Labute approximate surface area is 115 Å². The van der Waals surface area contributed by atoms with E-state index in [4.69, 9.17) is 0 Å². The molecule has 1 aromatic rings. The van der Waals surface area contributed by atoms with Crippen LogP contribution in [0.5, 0.6) is 0 Å². The second kappa shape index (κ2) is 5.55. The molecule has 0 atom stereocenters. The van der Waals surface area contributed by atoms with Gasteiger partial charge in [0.15, 0.2) is 0 Å². The summed E-state index contributed by atoms with van der Waals surface area (Å²) in [4.78, 5) is 4.61. The Hall–Kier alpha value is -0.640. The second-order valence-corrected chi connectivity index (χ2v) is 7.20. The number of anilines is 1. The van der Waals surface area contributed by atoms with Crippen LogP contribution in [0.25, 0.3) is 0 Å². The molecule has 0 radical (unpaired) electrons. The van der Waals surface area contributed by atoms with Crippen LogP contribution >= 0.6 is 11.5 Å². The average molecular weight is 267 g/mol. The standard InChI is InChI=1S/C14H25N3S/c1-5-10-6-8-11(9-7-10)15-13-16-12(17-18-13)14(2,3)4/h10-11H,5-9H2,1-4H3,(H,15,16,17). The third kappa shape index (κ3) is 3.44. The van der Waals surface area contributed by atoms with Crippen molar-refractivity contribution >= 4 is 16.7 Å². The molecule has 3 nitrogen and oxygen atoms in total. The second-order valence-electron chi connectivity index (χ2n) is 6.44. The Bertz CT molecular complexity index is 373. The van der Waals surface area contributed by atoms with E-state index in [9.17, 15) is 0 Å². The van der Waals surface area contributed by atoms with Gasteiger partial charge in [0.2, 0.25) is 5.13 Å². The molecule has 1 aliphatic rings. The van der Waals surface area contributed by atoms with E-state index < -0.39 is 0 Å². The van der Waals surface area contributed by atoms with E-state index in [1.54, 1.807) is 0 Å². The maximum absolute atomic E-state index is 4.61. The van der Waals surface area contributed by atoms with Crippen molar-refractivity contribution in [3.8, 4) is 0 Å². The van der Waals surface area contributed by atoms with Crippen molar-refractivity contribution in [1.29, 1.82) is 0 Å². The van der Waals surface area contributed by atoms with E-state index in [1.165, 1.54) is 43.6 Å². The average Bonchev–Trinajstić information content (AvgIpc) is 2.78. The molecule has 1 heterocycles. The van der Waals surface area contributed by atoms with Crippen LogP contribution < -0.4 is 5.32 Å². The predicted molar refractivity (Wildman–Crippen MR) is 78.3 cm³/mol. The maximum atomic E-state index is 4.61. The third-order valence-corrected chi connectivity index (χ3v) is 4.49. The molecule has 18 heavy (non-hydrogen) atoms. The van der Waals surface area contributed by atoms with Crippen LogP contribution in [0.1, 0.15) is 65.6 Å². The molecule has 1 saturated carbocycles. The Morgan fingerprint density at radius 1 is 1.22 bits per heavy atom. The van der Waals surface area contributed by atoms with Crippen molar-refractivity contribution in [3.63, 3.8) is 0 Å². The van der Waals surface area contributed by atoms with Crippen molar-refractivity contribution in [2.45, 2.75) is 71.3 Å². The minimum Gasteiger partial charge on any atom is -0.358 e. The summed E-state index contributed by atoms with van der Waals surface area (Å²) in [5.74, 6) is 1.90. The first-order valence-corrected chi connectivity index (χ1v) is 7.87. The van der Waals surface area contributed by atoms with E-state index in [0.29, 0.717) is 6.04 Å².